The van der Waals surface area contributed by atoms with E-state index in [1.807, 2.05) is 42.5 Å². The van der Waals surface area contributed by atoms with E-state index in [1.165, 1.54) is 0 Å². The van der Waals surface area contributed by atoms with Crippen molar-refractivity contribution in [2.45, 2.75) is 0 Å². The maximum absolute atomic E-state index is 12.9. The van der Waals surface area contributed by atoms with Crippen molar-refractivity contribution < 1.29 is 9.59 Å². The minimum atomic E-state index is -0.419. The first kappa shape index (κ1) is 18.2. The highest BCUT2D eigenvalue weighted by atomic mass is 16.2. The van der Waals surface area contributed by atoms with Crippen LogP contribution in [0.4, 0.5) is 5.69 Å². The predicted octanol–water partition coefficient (Wildman–Crippen LogP) is 3.97. The number of nitrogens with one attached hydrogen (secondary N) is 3. The Morgan fingerprint density at radius 3 is 2.38 bits per heavy atom. The van der Waals surface area contributed by atoms with Crippen LogP contribution in [0.2, 0.25) is 0 Å². The van der Waals surface area contributed by atoms with E-state index in [4.69, 9.17) is 0 Å². The Labute approximate surface area is 167 Å². The maximum atomic E-state index is 12.9. The molecule has 3 aromatic carbocycles. The average molecular weight is 382 g/mol. The van der Waals surface area contributed by atoms with Crippen LogP contribution in [0, 0.1) is 0 Å². The lowest BCUT2D eigenvalue weighted by atomic mass is 10.1. The molecule has 0 aliphatic rings. The zero-order chi connectivity index (χ0) is 20.1. The maximum Gasteiger partial charge on any atom is 0.272 e. The summed E-state index contributed by atoms with van der Waals surface area (Å²) in [6, 6.07) is 23.5. The van der Waals surface area contributed by atoms with E-state index < -0.39 is 5.91 Å². The molecule has 0 radical (unpaired) electrons. The third-order valence-corrected chi connectivity index (χ3v) is 4.34. The van der Waals surface area contributed by atoms with Crippen LogP contribution in [0.3, 0.4) is 0 Å². The Morgan fingerprint density at radius 2 is 1.62 bits per heavy atom. The predicted molar refractivity (Wildman–Crippen MR) is 113 cm³/mol. The van der Waals surface area contributed by atoms with Gasteiger partial charge in [-0.1, -0.05) is 48.5 Å². The summed E-state index contributed by atoms with van der Waals surface area (Å²) in [6.07, 6.45) is 3.35. The third-order valence-electron chi connectivity index (χ3n) is 4.34. The number of rotatable bonds is 5. The van der Waals surface area contributed by atoms with Gasteiger partial charge in [0, 0.05) is 16.6 Å². The molecule has 4 aromatic rings. The Balaban J connectivity index is 1.60. The van der Waals surface area contributed by atoms with Crippen molar-refractivity contribution >= 4 is 34.5 Å². The van der Waals surface area contributed by atoms with Crippen molar-refractivity contribution in [3.63, 3.8) is 0 Å². The zero-order valence-electron chi connectivity index (χ0n) is 15.4. The number of hydrogen-bond donors (Lipinski definition) is 3. The summed E-state index contributed by atoms with van der Waals surface area (Å²) >= 11 is 0. The first-order valence-electron chi connectivity index (χ1n) is 9.07. The van der Waals surface area contributed by atoms with Gasteiger partial charge in [0.25, 0.3) is 11.8 Å². The second-order valence-corrected chi connectivity index (χ2v) is 6.42. The minimum absolute atomic E-state index is 0.148. The molecule has 1 aromatic heterocycles. The molecule has 0 unspecified atom stereocenters. The fourth-order valence-electron chi connectivity index (χ4n) is 2.87. The Hall–Kier alpha value is -4.19. The van der Waals surface area contributed by atoms with Gasteiger partial charge in [0.2, 0.25) is 0 Å². The summed E-state index contributed by atoms with van der Waals surface area (Å²) in [7, 11) is 0. The van der Waals surface area contributed by atoms with Gasteiger partial charge in [-0.3, -0.25) is 14.7 Å². The fourth-order valence-corrected chi connectivity index (χ4v) is 2.87. The molecule has 0 spiro atoms. The summed E-state index contributed by atoms with van der Waals surface area (Å²) in [6.45, 7) is 0. The van der Waals surface area contributed by atoms with E-state index in [9.17, 15) is 9.59 Å². The molecule has 3 N–H and O–H groups in total. The van der Waals surface area contributed by atoms with Gasteiger partial charge >= 0.3 is 0 Å². The summed E-state index contributed by atoms with van der Waals surface area (Å²) in [5.74, 6) is -0.774. The van der Waals surface area contributed by atoms with Gasteiger partial charge in [-0.25, -0.2) is 0 Å². The van der Waals surface area contributed by atoms with Crippen molar-refractivity contribution in [1.82, 2.24) is 15.5 Å². The molecule has 6 heteroatoms. The number of amides is 2. The Bertz CT molecular complexity index is 1180. The zero-order valence-corrected chi connectivity index (χ0v) is 15.4. The van der Waals surface area contributed by atoms with Gasteiger partial charge in [-0.15, -0.1) is 0 Å². The summed E-state index contributed by atoms with van der Waals surface area (Å²) < 4.78 is 0. The molecular formula is C23H18N4O2. The number of nitrogens with zero attached hydrogens (tertiary/aromatic N) is 1. The monoisotopic (exact) mass is 382 g/mol. The molecular weight excluding hydrogens is 364 g/mol. The van der Waals surface area contributed by atoms with Gasteiger partial charge in [0.05, 0.1) is 11.7 Å². The summed E-state index contributed by atoms with van der Waals surface area (Å²) in [5.41, 5.74) is 2.83. The molecule has 0 saturated carbocycles. The van der Waals surface area contributed by atoms with Gasteiger partial charge in [0.15, 0.2) is 0 Å². The highest BCUT2D eigenvalue weighted by Crippen LogP contribution is 2.17. The van der Waals surface area contributed by atoms with Crippen LogP contribution in [0.1, 0.15) is 15.9 Å². The van der Waals surface area contributed by atoms with Crippen LogP contribution in [-0.4, -0.2) is 22.0 Å². The van der Waals surface area contributed by atoms with E-state index in [2.05, 4.69) is 20.8 Å². The molecule has 0 bridgehead atoms. The van der Waals surface area contributed by atoms with E-state index in [-0.39, 0.29) is 11.6 Å². The number of benzene rings is 3. The Morgan fingerprint density at radius 1 is 0.897 bits per heavy atom. The molecule has 29 heavy (non-hydrogen) atoms. The van der Waals surface area contributed by atoms with Gasteiger partial charge in [-0.05, 0) is 42.0 Å². The quantitative estimate of drug-likeness (QED) is 0.457. The first-order chi connectivity index (χ1) is 14.2. The second kappa shape index (κ2) is 8.22. The van der Waals surface area contributed by atoms with Crippen LogP contribution in [-0.2, 0) is 4.79 Å². The lowest BCUT2D eigenvalue weighted by Gasteiger charge is -2.11. The summed E-state index contributed by atoms with van der Waals surface area (Å²) in [4.78, 5) is 25.5. The normalized spacial score (nSPS) is 11.2. The molecule has 6 nitrogen and oxygen atoms in total. The molecule has 0 atom stereocenters. The molecule has 2 amide bonds. The SMILES string of the molecule is O=C(Nc1ccc2cn[nH]c2c1)/C(=C/c1ccccc1)NC(=O)c1ccccc1. The largest absolute Gasteiger partial charge is 0.321 e. The molecule has 0 saturated heterocycles. The van der Waals surface area contributed by atoms with Crippen LogP contribution in [0.25, 0.3) is 17.0 Å². The average Bonchev–Trinajstić information content (AvgIpc) is 3.22. The number of aromatic amines is 1. The molecule has 142 valence electrons. The van der Waals surface area contributed by atoms with Gasteiger partial charge in [0.1, 0.15) is 5.70 Å². The molecule has 1 heterocycles. The first-order valence-corrected chi connectivity index (χ1v) is 9.07. The molecule has 0 aliphatic carbocycles. The van der Waals surface area contributed by atoms with E-state index in [0.29, 0.717) is 11.3 Å². The topological polar surface area (TPSA) is 86.9 Å². The molecule has 0 aliphatic heterocycles. The smallest absolute Gasteiger partial charge is 0.272 e. The molecule has 0 fully saturated rings. The van der Waals surface area contributed by atoms with E-state index in [0.717, 1.165) is 16.5 Å². The third kappa shape index (κ3) is 4.39. The van der Waals surface area contributed by atoms with E-state index >= 15 is 0 Å². The standard InChI is InChI=1S/C23H18N4O2/c28-22(17-9-5-2-6-10-17)26-21(13-16-7-3-1-4-8-16)23(29)25-19-12-11-18-15-24-27-20(18)14-19/h1-15H,(H,24,27)(H,25,29)(H,26,28)/b21-13-. The fraction of sp³-hybridized carbons (Fsp3) is 0. The van der Waals surface area contributed by atoms with Crippen molar-refractivity contribution in [3.05, 3.63) is 102 Å². The van der Waals surface area contributed by atoms with Crippen molar-refractivity contribution in [2.75, 3.05) is 5.32 Å². The van der Waals surface area contributed by atoms with Crippen molar-refractivity contribution in [2.24, 2.45) is 0 Å². The molecule has 4 rings (SSSR count). The van der Waals surface area contributed by atoms with Crippen LogP contribution >= 0.6 is 0 Å². The number of H-pyrrole nitrogens is 1. The number of fused-ring (bicyclic) bond motifs is 1. The Kier molecular flexibility index (Phi) is 5.16. The van der Waals surface area contributed by atoms with Crippen LogP contribution in [0.15, 0.2) is 90.8 Å². The van der Waals surface area contributed by atoms with E-state index in [1.54, 1.807) is 48.7 Å². The number of anilines is 1. The lowest BCUT2D eigenvalue weighted by molar-refractivity contribution is -0.113. The summed E-state index contributed by atoms with van der Waals surface area (Å²) in [5, 5.41) is 13.3. The number of hydrogen-bond acceptors (Lipinski definition) is 3. The van der Waals surface area contributed by atoms with Crippen LogP contribution < -0.4 is 10.6 Å². The highest BCUT2D eigenvalue weighted by Gasteiger charge is 2.15. The number of carbonyl (C=O) groups excluding carboxylic acids is 2. The number of carbonyl (C=O) groups is 2. The van der Waals surface area contributed by atoms with Gasteiger partial charge < -0.3 is 10.6 Å². The van der Waals surface area contributed by atoms with Gasteiger partial charge in [-0.2, -0.15) is 5.10 Å². The number of aromatic nitrogens is 2. The minimum Gasteiger partial charge on any atom is -0.321 e. The second-order valence-electron chi connectivity index (χ2n) is 6.42. The van der Waals surface area contributed by atoms with Crippen molar-refractivity contribution in [1.29, 1.82) is 0 Å². The van der Waals surface area contributed by atoms with Crippen LogP contribution in [0.5, 0.6) is 0 Å². The lowest BCUT2D eigenvalue weighted by Crippen LogP contribution is -2.30. The highest BCUT2D eigenvalue weighted by molar-refractivity contribution is 6.11. The van der Waals surface area contributed by atoms with Crippen molar-refractivity contribution in [3.8, 4) is 0 Å².